The molecule has 0 bridgehead atoms. The maximum atomic E-state index is 13.6. The SMILES string of the molecule is CSC1CCC(NC(=O)c2ccnc(N)c2F)C1. The number of carbonyl (C=O) groups is 1. The van der Waals surface area contributed by atoms with Crippen LogP contribution >= 0.6 is 11.8 Å². The van der Waals surface area contributed by atoms with Crippen LogP contribution in [0.4, 0.5) is 10.2 Å². The van der Waals surface area contributed by atoms with E-state index in [0.717, 1.165) is 19.3 Å². The number of nitrogens with zero attached hydrogens (tertiary/aromatic N) is 1. The van der Waals surface area contributed by atoms with Crippen molar-refractivity contribution in [3.8, 4) is 0 Å². The van der Waals surface area contributed by atoms with Crippen molar-refractivity contribution in [1.82, 2.24) is 10.3 Å². The standard InChI is InChI=1S/C12H16FN3OS/c1-18-8-3-2-7(6-8)16-12(17)9-4-5-15-11(14)10(9)13/h4-5,7-8H,2-3,6H2,1H3,(H2,14,15)(H,16,17). The monoisotopic (exact) mass is 269 g/mol. The molecule has 1 aromatic heterocycles. The summed E-state index contributed by atoms with van der Waals surface area (Å²) in [7, 11) is 0. The number of rotatable bonds is 3. The van der Waals surface area contributed by atoms with Gasteiger partial charge in [-0.25, -0.2) is 9.37 Å². The topological polar surface area (TPSA) is 68.0 Å². The molecule has 0 aromatic carbocycles. The summed E-state index contributed by atoms with van der Waals surface area (Å²) in [6, 6.07) is 1.48. The predicted molar refractivity (Wildman–Crippen MR) is 71.0 cm³/mol. The van der Waals surface area contributed by atoms with E-state index in [2.05, 4.69) is 16.6 Å². The lowest BCUT2D eigenvalue weighted by atomic mass is 10.2. The summed E-state index contributed by atoms with van der Waals surface area (Å²) in [4.78, 5) is 15.5. The minimum Gasteiger partial charge on any atom is -0.381 e. The van der Waals surface area contributed by atoms with Crippen LogP contribution in [0.25, 0.3) is 0 Å². The van der Waals surface area contributed by atoms with Crippen molar-refractivity contribution in [2.45, 2.75) is 30.6 Å². The summed E-state index contributed by atoms with van der Waals surface area (Å²) < 4.78 is 13.6. The predicted octanol–water partition coefficient (Wildman–Crippen LogP) is 1.82. The van der Waals surface area contributed by atoms with Gasteiger partial charge in [0.15, 0.2) is 11.6 Å². The third-order valence-electron chi connectivity index (χ3n) is 3.21. The van der Waals surface area contributed by atoms with E-state index in [1.807, 2.05) is 11.8 Å². The van der Waals surface area contributed by atoms with Crippen molar-refractivity contribution >= 4 is 23.5 Å². The Morgan fingerprint density at radius 2 is 2.39 bits per heavy atom. The van der Waals surface area contributed by atoms with E-state index in [1.165, 1.54) is 12.3 Å². The van der Waals surface area contributed by atoms with E-state index in [9.17, 15) is 9.18 Å². The van der Waals surface area contributed by atoms with Crippen LogP contribution in [0.5, 0.6) is 0 Å². The lowest BCUT2D eigenvalue weighted by Gasteiger charge is -2.13. The van der Waals surface area contributed by atoms with Gasteiger partial charge in [-0.05, 0) is 31.6 Å². The minimum atomic E-state index is -0.741. The van der Waals surface area contributed by atoms with Gasteiger partial charge in [0.05, 0.1) is 5.56 Å². The van der Waals surface area contributed by atoms with Crippen molar-refractivity contribution in [3.05, 3.63) is 23.6 Å². The highest BCUT2D eigenvalue weighted by Gasteiger charge is 2.26. The van der Waals surface area contributed by atoms with Gasteiger partial charge in [0, 0.05) is 17.5 Å². The van der Waals surface area contributed by atoms with Crippen LogP contribution in [0, 0.1) is 5.82 Å². The third-order valence-corrected chi connectivity index (χ3v) is 4.31. The van der Waals surface area contributed by atoms with Gasteiger partial charge in [0.2, 0.25) is 0 Å². The number of halogens is 1. The first-order chi connectivity index (χ1) is 8.61. The van der Waals surface area contributed by atoms with Crippen molar-refractivity contribution in [3.63, 3.8) is 0 Å². The highest BCUT2D eigenvalue weighted by atomic mass is 32.2. The number of nitrogens with one attached hydrogen (secondary N) is 1. The second-order valence-electron chi connectivity index (χ2n) is 4.40. The van der Waals surface area contributed by atoms with Gasteiger partial charge in [-0.2, -0.15) is 11.8 Å². The smallest absolute Gasteiger partial charge is 0.254 e. The van der Waals surface area contributed by atoms with Crippen molar-refractivity contribution in [2.75, 3.05) is 12.0 Å². The Morgan fingerprint density at radius 1 is 1.61 bits per heavy atom. The Morgan fingerprint density at radius 3 is 3.06 bits per heavy atom. The molecule has 18 heavy (non-hydrogen) atoms. The van der Waals surface area contributed by atoms with Gasteiger partial charge in [-0.3, -0.25) is 4.79 Å². The lowest BCUT2D eigenvalue weighted by molar-refractivity contribution is 0.0934. The fourth-order valence-corrected chi connectivity index (χ4v) is 2.98. The molecule has 1 aliphatic carbocycles. The molecule has 0 aliphatic heterocycles. The molecule has 1 amide bonds. The third kappa shape index (κ3) is 2.75. The lowest BCUT2D eigenvalue weighted by Crippen LogP contribution is -2.33. The highest BCUT2D eigenvalue weighted by Crippen LogP contribution is 2.28. The number of carbonyl (C=O) groups excluding carboxylic acids is 1. The molecule has 2 atom stereocenters. The second-order valence-corrected chi connectivity index (χ2v) is 5.54. The molecule has 6 heteroatoms. The van der Waals surface area contributed by atoms with Gasteiger partial charge < -0.3 is 11.1 Å². The number of pyridine rings is 1. The Balaban J connectivity index is 2.02. The molecule has 2 rings (SSSR count). The second kappa shape index (κ2) is 5.56. The highest BCUT2D eigenvalue weighted by molar-refractivity contribution is 7.99. The van der Waals surface area contributed by atoms with Gasteiger partial charge in [0.1, 0.15) is 0 Å². The summed E-state index contributed by atoms with van der Waals surface area (Å²) in [5.41, 5.74) is 5.31. The minimum absolute atomic E-state index is 0.0323. The van der Waals surface area contributed by atoms with Crippen LogP contribution < -0.4 is 11.1 Å². The molecule has 1 aliphatic rings. The number of anilines is 1. The van der Waals surface area contributed by atoms with E-state index in [1.54, 1.807) is 0 Å². The Labute approximate surface area is 110 Å². The van der Waals surface area contributed by atoms with Crippen LogP contribution in [-0.4, -0.2) is 28.4 Å². The first kappa shape index (κ1) is 13.1. The molecule has 2 unspecified atom stereocenters. The van der Waals surface area contributed by atoms with E-state index < -0.39 is 11.7 Å². The number of nitrogens with two attached hydrogens (primary N) is 1. The summed E-state index contributed by atoms with van der Waals surface area (Å²) in [5.74, 6) is -1.39. The molecule has 0 saturated heterocycles. The molecule has 1 fully saturated rings. The van der Waals surface area contributed by atoms with E-state index in [0.29, 0.717) is 5.25 Å². The van der Waals surface area contributed by atoms with Crippen LogP contribution in [0.2, 0.25) is 0 Å². The van der Waals surface area contributed by atoms with E-state index in [-0.39, 0.29) is 17.4 Å². The largest absolute Gasteiger partial charge is 0.381 e. The summed E-state index contributed by atoms with van der Waals surface area (Å²) in [6.45, 7) is 0. The first-order valence-corrected chi connectivity index (χ1v) is 7.14. The van der Waals surface area contributed by atoms with Crippen molar-refractivity contribution in [2.24, 2.45) is 0 Å². The summed E-state index contributed by atoms with van der Waals surface area (Å²) in [5, 5.41) is 3.44. The number of amides is 1. The molecule has 98 valence electrons. The fraction of sp³-hybridized carbons (Fsp3) is 0.500. The number of hydrogen-bond acceptors (Lipinski definition) is 4. The Kier molecular flexibility index (Phi) is 4.06. The van der Waals surface area contributed by atoms with Crippen LogP contribution in [-0.2, 0) is 0 Å². The van der Waals surface area contributed by atoms with Gasteiger partial charge in [-0.15, -0.1) is 0 Å². The first-order valence-electron chi connectivity index (χ1n) is 5.85. The molecular formula is C12H16FN3OS. The summed E-state index contributed by atoms with van der Waals surface area (Å²) >= 11 is 1.81. The molecule has 4 nitrogen and oxygen atoms in total. The molecular weight excluding hydrogens is 253 g/mol. The average molecular weight is 269 g/mol. The van der Waals surface area contributed by atoms with Crippen LogP contribution in [0.15, 0.2) is 12.3 Å². The number of aromatic nitrogens is 1. The Bertz CT molecular complexity index is 455. The molecule has 3 N–H and O–H groups in total. The maximum Gasteiger partial charge on any atom is 0.254 e. The van der Waals surface area contributed by atoms with Gasteiger partial charge in [-0.1, -0.05) is 0 Å². The average Bonchev–Trinajstić information content (AvgIpc) is 2.80. The quantitative estimate of drug-likeness (QED) is 0.878. The zero-order chi connectivity index (χ0) is 13.1. The molecule has 0 spiro atoms. The molecule has 1 aromatic rings. The normalized spacial score (nSPS) is 23.0. The number of thioether (sulfide) groups is 1. The van der Waals surface area contributed by atoms with Gasteiger partial charge in [0.25, 0.3) is 5.91 Å². The van der Waals surface area contributed by atoms with E-state index in [4.69, 9.17) is 5.73 Å². The van der Waals surface area contributed by atoms with E-state index >= 15 is 0 Å². The zero-order valence-electron chi connectivity index (χ0n) is 10.1. The molecule has 1 saturated carbocycles. The number of nitrogen functional groups attached to an aromatic ring is 1. The molecule has 0 radical (unpaired) electrons. The maximum absolute atomic E-state index is 13.6. The van der Waals surface area contributed by atoms with Crippen molar-refractivity contribution < 1.29 is 9.18 Å². The number of hydrogen-bond donors (Lipinski definition) is 2. The summed E-state index contributed by atoms with van der Waals surface area (Å²) in [6.07, 6.45) is 6.38. The van der Waals surface area contributed by atoms with Crippen LogP contribution in [0.1, 0.15) is 29.6 Å². The Hall–Kier alpha value is -1.30. The van der Waals surface area contributed by atoms with Crippen molar-refractivity contribution in [1.29, 1.82) is 0 Å². The van der Waals surface area contributed by atoms with Gasteiger partial charge >= 0.3 is 0 Å². The van der Waals surface area contributed by atoms with Crippen LogP contribution in [0.3, 0.4) is 0 Å². The zero-order valence-corrected chi connectivity index (χ0v) is 11.0. The molecule has 1 heterocycles. The fourth-order valence-electron chi connectivity index (χ4n) is 2.18.